The molecule has 34 heavy (non-hydrogen) atoms. The molecule has 0 saturated carbocycles. The number of nitrogens with zero attached hydrogens (tertiary/aromatic N) is 3. The van der Waals surface area contributed by atoms with Gasteiger partial charge < -0.3 is 20.1 Å². The van der Waals surface area contributed by atoms with Crippen LogP contribution in [0.1, 0.15) is 15.9 Å². The number of amides is 2. The van der Waals surface area contributed by atoms with E-state index >= 15 is 0 Å². The number of pyridine rings is 1. The van der Waals surface area contributed by atoms with Crippen LogP contribution in [0.2, 0.25) is 0 Å². The standard InChI is InChI=1S/C24H21N5O5/c30-22(26-18-7-8-19-20(12-18)34-11-10-33-19)15-29-24(32)28-14-17(6-9-21(28)27-29)23(31)25-13-16-4-2-1-3-5-16/h1-9,12,14H,10-11,13,15H2,(H,25,31)(H,26,30). The van der Waals surface area contributed by atoms with Crippen LogP contribution in [0, 0.1) is 0 Å². The first-order valence-electron chi connectivity index (χ1n) is 10.7. The third kappa shape index (κ3) is 4.46. The summed E-state index contributed by atoms with van der Waals surface area (Å²) in [5.74, 6) is 0.418. The van der Waals surface area contributed by atoms with Crippen LogP contribution >= 0.6 is 0 Å². The number of ether oxygens (including phenoxy) is 2. The van der Waals surface area contributed by atoms with Gasteiger partial charge in [-0.1, -0.05) is 30.3 Å². The number of anilines is 1. The first kappa shape index (κ1) is 21.3. The second-order valence-electron chi connectivity index (χ2n) is 7.66. The Morgan fingerprint density at radius 3 is 2.59 bits per heavy atom. The zero-order valence-electron chi connectivity index (χ0n) is 18.1. The first-order chi connectivity index (χ1) is 16.6. The average molecular weight is 459 g/mol. The molecule has 1 aliphatic heterocycles. The van der Waals surface area contributed by atoms with E-state index in [1.54, 1.807) is 30.3 Å². The lowest BCUT2D eigenvalue weighted by Crippen LogP contribution is -2.28. The van der Waals surface area contributed by atoms with Crippen LogP contribution in [-0.2, 0) is 17.9 Å². The predicted octanol–water partition coefficient (Wildman–Crippen LogP) is 1.84. The molecular weight excluding hydrogens is 438 g/mol. The van der Waals surface area contributed by atoms with E-state index in [1.807, 2.05) is 30.3 Å². The highest BCUT2D eigenvalue weighted by Crippen LogP contribution is 2.32. The molecule has 2 N–H and O–H groups in total. The van der Waals surface area contributed by atoms with Crippen molar-refractivity contribution in [2.45, 2.75) is 13.1 Å². The van der Waals surface area contributed by atoms with Gasteiger partial charge in [0.05, 0.1) is 5.56 Å². The fourth-order valence-corrected chi connectivity index (χ4v) is 3.59. The lowest BCUT2D eigenvalue weighted by atomic mass is 10.2. The normalized spacial score (nSPS) is 12.4. The molecule has 0 spiro atoms. The van der Waals surface area contributed by atoms with E-state index in [2.05, 4.69) is 15.7 Å². The van der Waals surface area contributed by atoms with Gasteiger partial charge in [0.1, 0.15) is 19.8 Å². The molecule has 4 aromatic rings. The fourth-order valence-electron chi connectivity index (χ4n) is 3.59. The van der Waals surface area contributed by atoms with E-state index in [1.165, 1.54) is 10.6 Å². The zero-order chi connectivity index (χ0) is 23.5. The summed E-state index contributed by atoms with van der Waals surface area (Å²) in [5, 5.41) is 9.74. The number of rotatable bonds is 6. The van der Waals surface area contributed by atoms with Gasteiger partial charge in [0, 0.05) is 24.5 Å². The van der Waals surface area contributed by atoms with Crippen molar-refractivity contribution in [2.24, 2.45) is 0 Å². The molecule has 0 aliphatic carbocycles. The van der Waals surface area contributed by atoms with Crippen molar-refractivity contribution < 1.29 is 19.1 Å². The van der Waals surface area contributed by atoms with Gasteiger partial charge in [0.15, 0.2) is 17.1 Å². The highest BCUT2D eigenvalue weighted by Gasteiger charge is 2.16. The fraction of sp³-hybridized carbons (Fsp3) is 0.167. The Morgan fingerprint density at radius 2 is 1.76 bits per heavy atom. The lowest BCUT2D eigenvalue weighted by molar-refractivity contribution is -0.117. The lowest BCUT2D eigenvalue weighted by Gasteiger charge is -2.18. The van der Waals surface area contributed by atoms with Crippen LogP contribution in [0.25, 0.3) is 5.65 Å². The van der Waals surface area contributed by atoms with E-state index < -0.39 is 11.6 Å². The van der Waals surface area contributed by atoms with Crippen LogP contribution < -0.4 is 25.8 Å². The number of fused-ring (bicyclic) bond motifs is 2. The Morgan fingerprint density at radius 1 is 0.971 bits per heavy atom. The van der Waals surface area contributed by atoms with Crippen molar-refractivity contribution >= 4 is 23.1 Å². The van der Waals surface area contributed by atoms with Crippen LogP contribution in [0.15, 0.2) is 71.7 Å². The average Bonchev–Trinajstić information content (AvgIpc) is 3.17. The summed E-state index contributed by atoms with van der Waals surface area (Å²) < 4.78 is 13.3. The van der Waals surface area contributed by atoms with Gasteiger partial charge in [-0.05, 0) is 29.8 Å². The molecule has 0 saturated heterocycles. The molecule has 172 valence electrons. The molecule has 0 radical (unpaired) electrons. The van der Waals surface area contributed by atoms with Crippen LogP contribution in [0.3, 0.4) is 0 Å². The van der Waals surface area contributed by atoms with Crippen molar-refractivity contribution in [3.8, 4) is 11.5 Å². The van der Waals surface area contributed by atoms with Crippen LogP contribution in [0.4, 0.5) is 5.69 Å². The van der Waals surface area contributed by atoms with Gasteiger partial charge in [0.2, 0.25) is 5.91 Å². The summed E-state index contributed by atoms with van der Waals surface area (Å²) in [5.41, 5.74) is 1.60. The van der Waals surface area contributed by atoms with Crippen LogP contribution in [0.5, 0.6) is 11.5 Å². The molecular formula is C24H21N5O5. The molecule has 10 heteroatoms. The van der Waals surface area contributed by atoms with Gasteiger partial charge in [-0.25, -0.2) is 13.9 Å². The van der Waals surface area contributed by atoms with Crippen LogP contribution in [-0.4, -0.2) is 39.2 Å². The Kier molecular flexibility index (Phi) is 5.69. The van der Waals surface area contributed by atoms with Crippen molar-refractivity contribution in [2.75, 3.05) is 18.5 Å². The zero-order valence-corrected chi connectivity index (χ0v) is 18.1. The molecule has 1 aliphatic rings. The second-order valence-corrected chi connectivity index (χ2v) is 7.66. The molecule has 2 amide bonds. The van der Waals surface area contributed by atoms with Gasteiger partial charge in [-0.3, -0.25) is 9.59 Å². The van der Waals surface area contributed by atoms with E-state index in [4.69, 9.17) is 9.47 Å². The van der Waals surface area contributed by atoms with Crippen molar-refractivity contribution in [3.05, 3.63) is 88.5 Å². The molecule has 2 aromatic heterocycles. The Labute approximate surface area is 193 Å². The smallest absolute Gasteiger partial charge is 0.350 e. The topological polar surface area (TPSA) is 116 Å². The number of nitrogens with one attached hydrogen (secondary N) is 2. The van der Waals surface area contributed by atoms with Gasteiger partial charge in [-0.2, -0.15) is 0 Å². The van der Waals surface area contributed by atoms with E-state index in [0.29, 0.717) is 48.2 Å². The third-order valence-electron chi connectivity index (χ3n) is 5.25. The molecule has 0 bridgehead atoms. The Balaban J connectivity index is 1.27. The van der Waals surface area contributed by atoms with E-state index in [0.717, 1.165) is 10.2 Å². The molecule has 3 heterocycles. The number of hydrogen-bond acceptors (Lipinski definition) is 6. The number of carbonyl (C=O) groups excluding carboxylic acids is 2. The highest BCUT2D eigenvalue weighted by atomic mass is 16.6. The van der Waals surface area contributed by atoms with Gasteiger partial charge >= 0.3 is 5.69 Å². The number of hydrogen-bond donors (Lipinski definition) is 2. The largest absolute Gasteiger partial charge is 0.486 e. The van der Waals surface area contributed by atoms with Crippen molar-refractivity contribution in [1.29, 1.82) is 0 Å². The summed E-state index contributed by atoms with van der Waals surface area (Å²) in [6.45, 7) is 0.996. The molecule has 2 aromatic carbocycles. The highest BCUT2D eigenvalue weighted by molar-refractivity contribution is 5.94. The monoisotopic (exact) mass is 459 g/mol. The number of carbonyl (C=O) groups is 2. The number of aromatic nitrogens is 3. The maximum absolute atomic E-state index is 12.8. The summed E-state index contributed by atoms with van der Waals surface area (Å²) in [4.78, 5) is 37.8. The maximum Gasteiger partial charge on any atom is 0.350 e. The summed E-state index contributed by atoms with van der Waals surface area (Å²) in [6, 6.07) is 17.7. The SMILES string of the molecule is O=C(Cn1nc2ccc(C(=O)NCc3ccccc3)cn2c1=O)Nc1ccc2c(c1)OCCO2. The minimum atomic E-state index is -0.523. The second kappa shape index (κ2) is 9.10. The van der Waals surface area contributed by atoms with Gasteiger partial charge in [-0.15, -0.1) is 5.10 Å². The summed E-state index contributed by atoms with van der Waals surface area (Å²) >= 11 is 0. The Bertz CT molecular complexity index is 1430. The third-order valence-corrected chi connectivity index (χ3v) is 5.25. The maximum atomic E-state index is 12.8. The molecule has 5 rings (SSSR count). The van der Waals surface area contributed by atoms with E-state index in [-0.39, 0.29) is 12.5 Å². The quantitative estimate of drug-likeness (QED) is 0.455. The molecule has 10 nitrogen and oxygen atoms in total. The summed E-state index contributed by atoms with van der Waals surface area (Å²) in [7, 11) is 0. The van der Waals surface area contributed by atoms with E-state index in [9.17, 15) is 14.4 Å². The molecule has 0 unspecified atom stereocenters. The number of benzene rings is 2. The Hall–Kier alpha value is -4.60. The summed E-state index contributed by atoms with van der Waals surface area (Å²) in [6.07, 6.45) is 1.42. The first-order valence-corrected chi connectivity index (χ1v) is 10.7. The van der Waals surface area contributed by atoms with Crippen molar-refractivity contribution in [3.63, 3.8) is 0 Å². The molecule has 0 atom stereocenters. The minimum Gasteiger partial charge on any atom is -0.486 e. The minimum absolute atomic E-state index is 0.287. The molecule has 0 fully saturated rings. The predicted molar refractivity (Wildman–Crippen MR) is 123 cm³/mol. The van der Waals surface area contributed by atoms with Gasteiger partial charge in [0.25, 0.3) is 5.91 Å². The van der Waals surface area contributed by atoms with Crippen molar-refractivity contribution in [1.82, 2.24) is 19.5 Å².